The van der Waals surface area contributed by atoms with Crippen LogP contribution in [-0.2, 0) is 14.3 Å². The van der Waals surface area contributed by atoms with Crippen molar-refractivity contribution in [2.75, 3.05) is 20.3 Å². The number of hydrogen-bond donors (Lipinski definition) is 0. The highest BCUT2D eigenvalue weighted by Gasteiger charge is 2.06. The van der Waals surface area contributed by atoms with Crippen molar-refractivity contribution in [3.05, 3.63) is 53.8 Å². The molecule has 0 fully saturated rings. The van der Waals surface area contributed by atoms with Crippen LogP contribution in [-0.4, -0.2) is 26.3 Å². The predicted molar refractivity (Wildman–Crippen MR) is 73.8 cm³/mol. The number of para-hydroxylation sites is 1. The molecule has 4 nitrogen and oxygen atoms in total. The molecule has 0 amide bonds. The number of benzene rings is 1. The minimum Gasteiger partial charge on any atom is -0.489 e. The minimum atomic E-state index is -0.586. The lowest BCUT2D eigenvalue weighted by molar-refractivity contribution is -0.133. The molecule has 0 atom stereocenters. The Balaban J connectivity index is 1.89. The van der Waals surface area contributed by atoms with Gasteiger partial charge in [-0.15, -0.1) is 0 Å². The summed E-state index contributed by atoms with van der Waals surface area (Å²) >= 11 is 0. The molecule has 1 heterocycles. The summed E-state index contributed by atoms with van der Waals surface area (Å²) in [5.74, 6) is 5.58. The Morgan fingerprint density at radius 2 is 2.10 bits per heavy atom. The zero-order chi connectivity index (χ0) is 14.2. The van der Waals surface area contributed by atoms with Crippen LogP contribution in [0.1, 0.15) is 0 Å². The molecule has 0 unspecified atom stereocenters. The van der Waals surface area contributed by atoms with Crippen LogP contribution in [0.15, 0.2) is 53.8 Å². The number of methoxy groups -OCH3 is 1. The number of carbonyl (C=O) groups excluding carboxylic acids is 1. The van der Waals surface area contributed by atoms with E-state index in [1.54, 1.807) is 6.08 Å². The van der Waals surface area contributed by atoms with Crippen LogP contribution in [0.25, 0.3) is 0 Å². The summed E-state index contributed by atoms with van der Waals surface area (Å²) in [4.78, 5) is 10.9. The highest BCUT2D eigenvalue weighted by Crippen LogP contribution is 2.13. The van der Waals surface area contributed by atoms with Crippen LogP contribution >= 0.6 is 0 Å². The second kappa shape index (κ2) is 7.05. The van der Waals surface area contributed by atoms with Crippen LogP contribution in [0.5, 0.6) is 5.75 Å². The first-order valence-corrected chi connectivity index (χ1v) is 6.08. The van der Waals surface area contributed by atoms with E-state index in [4.69, 9.17) is 9.47 Å². The summed E-state index contributed by atoms with van der Waals surface area (Å²) in [5, 5.41) is 0. The van der Waals surface area contributed by atoms with Gasteiger partial charge in [0.25, 0.3) is 0 Å². The summed E-state index contributed by atoms with van der Waals surface area (Å²) in [7, 11) is 1.28. The average Bonchev–Trinajstić information content (AvgIpc) is 2.52. The molecule has 1 aromatic carbocycles. The van der Waals surface area contributed by atoms with E-state index in [1.807, 2.05) is 36.4 Å². The summed E-state index contributed by atoms with van der Waals surface area (Å²) in [6.07, 6.45) is 3.59. The first kappa shape index (κ1) is 13.8. The molecule has 2 rings (SSSR count). The third kappa shape index (κ3) is 4.21. The molecule has 1 aliphatic heterocycles. The Hall–Kier alpha value is -2.67. The van der Waals surface area contributed by atoms with E-state index in [1.165, 1.54) is 7.11 Å². The number of carbonyl (C=O) groups is 1. The number of hydrogen-bond acceptors (Lipinski definition) is 4. The van der Waals surface area contributed by atoms with Crippen molar-refractivity contribution < 1.29 is 19.0 Å². The quantitative estimate of drug-likeness (QED) is 0.479. The van der Waals surface area contributed by atoms with E-state index in [9.17, 15) is 4.79 Å². The lowest BCUT2D eigenvalue weighted by Gasteiger charge is -2.14. The zero-order valence-corrected chi connectivity index (χ0v) is 11.1. The fourth-order valence-electron chi connectivity index (χ4n) is 1.48. The average molecular weight is 270 g/mol. The van der Waals surface area contributed by atoms with Crippen molar-refractivity contribution in [1.29, 1.82) is 0 Å². The molecule has 1 aliphatic rings. The van der Waals surface area contributed by atoms with E-state index in [2.05, 4.69) is 16.6 Å². The summed E-state index contributed by atoms with van der Waals surface area (Å²) < 4.78 is 15.4. The molecule has 1 aromatic rings. The van der Waals surface area contributed by atoms with Crippen molar-refractivity contribution in [2.45, 2.75) is 0 Å². The lowest BCUT2D eigenvalue weighted by atomic mass is 10.2. The largest absolute Gasteiger partial charge is 0.489 e. The van der Waals surface area contributed by atoms with Gasteiger partial charge in [0.05, 0.1) is 7.11 Å². The van der Waals surface area contributed by atoms with Gasteiger partial charge in [0.1, 0.15) is 19.0 Å². The van der Waals surface area contributed by atoms with Gasteiger partial charge in [0.15, 0.2) is 5.76 Å². The maximum absolute atomic E-state index is 10.9. The molecule has 0 saturated carbocycles. The standard InChI is InChI=1S/C16H14O4/c1-18-16(17)10-9-15-8-7-13(12-20-15)11-19-14-5-3-2-4-6-14/h2-8H,11-12H2,1H3. The Bertz CT molecular complexity index is 588. The molecule has 0 radical (unpaired) electrons. The first-order chi connectivity index (χ1) is 9.78. The molecule has 0 bridgehead atoms. The highest BCUT2D eigenvalue weighted by molar-refractivity contribution is 5.88. The van der Waals surface area contributed by atoms with Crippen molar-refractivity contribution >= 4 is 5.97 Å². The van der Waals surface area contributed by atoms with Crippen molar-refractivity contribution in [3.8, 4) is 17.6 Å². The fraction of sp³-hybridized carbons (Fsp3) is 0.188. The molecule has 0 spiro atoms. The van der Waals surface area contributed by atoms with Crippen LogP contribution in [0.4, 0.5) is 0 Å². The number of allylic oxidation sites excluding steroid dienone is 3. The normalized spacial score (nSPS) is 13.1. The van der Waals surface area contributed by atoms with Crippen LogP contribution < -0.4 is 4.74 Å². The second-order valence-corrected chi connectivity index (χ2v) is 3.99. The zero-order valence-electron chi connectivity index (χ0n) is 11.1. The monoisotopic (exact) mass is 270 g/mol. The van der Waals surface area contributed by atoms with Gasteiger partial charge in [-0.3, -0.25) is 0 Å². The lowest BCUT2D eigenvalue weighted by Crippen LogP contribution is -2.10. The van der Waals surface area contributed by atoms with E-state index >= 15 is 0 Å². The third-order valence-corrected chi connectivity index (χ3v) is 2.52. The smallest absolute Gasteiger partial charge is 0.384 e. The van der Waals surface area contributed by atoms with E-state index in [0.29, 0.717) is 19.0 Å². The fourth-order valence-corrected chi connectivity index (χ4v) is 1.48. The van der Waals surface area contributed by atoms with Crippen LogP contribution in [0, 0.1) is 11.8 Å². The Morgan fingerprint density at radius 1 is 1.30 bits per heavy atom. The number of esters is 1. The summed E-state index contributed by atoms with van der Waals surface area (Å²) in [6, 6.07) is 9.56. The minimum absolute atomic E-state index is 0.397. The second-order valence-electron chi connectivity index (χ2n) is 3.99. The third-order valence-electron chi connectivity index (χ3n) is 2.52. The predicted octanol–water partition coefficient (Wildman–Crippen LogP) is 2.08. The Labute approximate surface area is 117 Å². The Morgan fingerprint density at radius 3 is 2.75 bits per heavy atom. The van der Waals surface area contributed by atoms with Crippen molar-refractivity contribution in [3.63, 3.8) is 0 Å². The van der Waals surface area contributed by atoms with Gasteiger partial charge in [0, 0.05) is 11.5 Å². The first-order valence-electron chi connectivity index (χ1n) is 6.08. The van der Waals surface area contributed by atoms with Crippen molar-refractivity contribution in [2.24, 2.45) is 0 Å². The molecule has 0 aromatic heterocycles. The van der Waals surface area contributed by atoms with Gasteiger partial charge in [-0.1, -0.05) is 24.3 Å². The molecule has 0 saturated heterocycles. The van der Waals surface area contributed by atoms with Gasteiger partial charge in [0.2, 0.25) is 0 Å². The van der Waals surface area contributed by atoms with Gasteiger partial charge in [-0.25, -0.2) is 4.79 Å². The van der Waals surface area contributed by atoms with Gasteiger partial charge in [-0.05, 0) is 24.1 Å². The van der Waals surface area contributed by atoms with Crippen molar-refractivity contribution in [1.82, 2.24) is 0 Å². The molecule has 20 heavy (non-hydrogen) atoms. The molecular formula is C16H14O4. The number of ether oxygens (including phenoxy) is 3. The highest BCUT2D eigenvalue weighted by atomic mass is 16.5. The molecule has 0 N–H and O–H groups in total. The van der Waals surface area contributed by atoms with Gasteiger partial charge < -0.3 is 14.2 Å². The van der Waals surface area contributed by atoms with Gasteiger partial charge in [-0.2, -0.15) is 0 Å². The number of rotatable bonds is 3. The SMILES string of the molecule is COC(=O)C#CC1=CC=C(COc2ccccc2)CO1. The van der Waals surface area contributed by atoms with Gasteiger partial charge >= 0.3 is 5.97 Å². The van der Waals surface area contributed by atoms with Crippen LogP contribution in [0.2, 0.25) is 0 Å². The molecular weight excluding hydrogens is 256 g/mol. The summed E-state index contributed by atoms with van der Waals surface area (Å²) in [5.41, 5.74) is 0.998. The molecule has 102 valence electrons. The molecule has 4 heteroatoms. The summed E-state index contributed by atoms with van der Waals surface area (Å²) in [6.45, 7) is 0.854. The van der Waals surface area contributed by atoms with Crippen LogP contribution in [0.3, 0.4) is 0 Å². The van der Waals surface area contributed by atoms with E-state index in [0.717, 1.165) is 11.3 Å². The topological polar surface area (TPSA) is 44.8 Å². The van der Waals surface area contributed by atoms with E-state index in [-0.39, 0.29) is 0 Å². The van der Waals surface area contributed by atoms with E-state index < -0.39 is 5.97 Å². The molecule has 0 aliphatic carbocycles. The maximum atomic E-state index is 10.9. The maximum Gasteiger partial charge on any atom is 0.384 e. The Kier molecular flexibility index (Phi) is 4.85.